The van der Waals surface area contributed by atoms with Crippen molar-refractivity contribution in [3.63, 3.8) is 0 Å². The maximum atomic E-state index is 12.3. The number of aromatic nitrogens is 1. The molecule has 1 amide bonds. The fourth-order valence-corrected chi connectivity index (χ4v) is 1.95. The Kier molecular flexibility index (Phi) is 5.00. The van der Waals surface area contributed by atoms with Crippen molar-refractivity contribution in [3.8, 4) is 5.75 Å². The minimum Gasteiger partial charge on any atom is -0.497 e. The van der Waals surface area contributed by atoms with Crippen molar-refractivity contribution in [1.82, 2.24) is 4.98 Å². The first-order valence-electron chi connectivity index (χ1n) is 6.49. The summed E-state index contributed by atoms with van der Waals surface area (Å²) in [6, 6.07) is 8.69. The van der Waals surface area contributed by atoms with Gasteiger partial charge >= 0.3 is 0 Å². The third-order valence-electron chi connectivity index (χ3n) is 2.81. The third kappa shape index (κ3) is 3.86. The third-order valence-corrected chi connectivity index (χ3v) is 3.11. The molecule has 0 aliphatic carbocycles. The molecule has 6 heteroatoms. The molecule has 0 aliphatic heterocycles. The highest BCUT2D eigenvalue weighted by molar-refractivity contribution is 6.34. The lowest BCUT2D eigenvalue weighted by Gasteiger charge is -2.09. The Morgan fingerprint density at radius 1 is 1.33 bits per heavy atom. The molecule has 0 spiro atoms. The molecular formula is C15H16ClN3O2. The molecule has 0 atom stereocenters. The molecule has 1 aromatic carbocycles. The van der Waals surface area contributed by atoms with Gasteiger partial charge in [-0.3, -0.25) is 4.79 Å². The highest BCUT2D eigenvalue weighted by atomic mass is 35.5. The van der Waals surface area contributed by atoms with E-state index in [1.165, 1.54) is 6.20 Å². The van der Waals surface area contributed by atoms with Gasteiger partial charge in [0, 0.05) is 18.4 Å². The maximum absolute atomic E-state index is 12.3. The second-order valence-electron chi connectivity index (χ2n) is 4.26. The minimum absolute atomic E-state index is 0.285. The molecule has 2 N–H and O–H groups in total. The van der Waals surface area contributed by atoms with Crippen LogP contribution < -0.4 is 15.4 Å². The number of halogens is 1. The largest absolute Gasteiger partial charge is 0.497 e. The van der Waals surface area contributed by atoms with Crippen molar-refractivity contribution in [1.29, 1.82) is 0 Å². The predicted molar refractivity (Wildman–Crippen MR) is 84.4 cm³/mol. The topological polar surface area (TPSA) is 63.2 Å². The molecule has 1 aromatic heterocycles. The summed E-state index contributed by atoms with van der Waals surface area (Å²) in [7, 11) is 1.59. The van der Waals surface area contributed by atoms with Gasteiger partial charge in [0.2, 0.25) is 0 Å². The van der Waals surface area contributed by atoms with Crippen LogP contribution in [0.2, 0.25) is 5.02 Å². The number of methoxy groups -OCH3 is 1. The summed E-state index contributed by atoms with van der Waals surface area (Å²) in [4.78, 5) is 16.4. The number of nitrogens with one attached hydrogen (secondary N) is 2. The van der Waals surface area contributed by atoms with Crippen molar-refractivity contribution < 1.29 is 9.53 Å². The van der Waals surface area contributed by atoms with E-state index in [-0.39, 0.29) is 5.91 Å². The molecule has 1 heterocycles. The summed E-state index contributed by atoms with van der Waals surface area (Å²) in [5, 5.41) is 6.14. The number of rotatable bonds is 5. The summed E-state index contributed by atoms with van der Waals surface area (Å²) in [5.41, 5.74) is 1.04. The highest BCUT2D eigenvalue weighted by Crippen LogP contribution is 2.21. The van der Waals surface area contributed by atoms with Gasteiger partial charge in [0.15, 0.2) is 0 Å². The normalized spacial score (nSPS) is 10.0. The van der Waals surface area contributed by atoms with Crippen LogP contribution in [0.5, 0.6) is 5.75 Å². The minimum atomic E-state index is -0.285. The van der Waals surface area contributed by atoms with E-state index in [0.29, 0.717) is 28.6 Å². The highest BCUT2D eigenvalue weighted by Gasteiger charge is 2.12. The number of ether oxygens (including phenoxy) is 1. The van der Waals surface area contributed by atoms with Gasteiger partial charge in [-0.25, -0.2) is 4.98 Å². The maximum Gasteiger partial charge on any atom is 0.257 e. The number of amides is 1. The van der Waals surface area contributed by atoms with Crippen LogP contribution in [-0.4, -0.2) is 24.5 Å². The van der Waals surface area contributed by atoms with Gasteiger partial charge in [0.05, 0.1) is 17.7 Å². The van der Waals surface area contributed by atoms with Gasteiger partial charge in [-0.15, -0.1) is 0 Å². The first kappa shape index (κ1) is 15.1. The number of pyridine rings is 1. The molecule has 0 saturated heterocycles. The van der Waals surface area contributed by atoms with Gasteiger partial charge in [-0.05, 0) is 37.3 Å². The summed E-state index contributed by atoms with van der Waals surface area (Å²) in [6.45, 7) is 2.67. The van der Waals surface area contributed by atoms with Gasteiger partial charge < -0.3 is 15.4 Å². The van der Waals surface area contributed by atoms with E-state index in [2.05, 4.69) is 15.6 Å². The van der Waals surface area contributed by atoms with Crippen molar-refractivity contribution in [2.24, 2.45) is 0 Å². The quantitative estimate of drug-likeness (QED) is 0.888. The number of hydrogen-bond acceptors (Lipinski definition) is 4. The molecule has 21 heavy (non-hydrogen) atoms. The van der Waals surface area contributed by atoms with Crippen molar-refractivity contribution >= 4 is 29.0 Å². The average Bonchev–Trinajstić information content (AvgIpc) is 2.50. The summed E-state index contributed by atoms with van der Waals surface area (Å²) in [6.07, 6.45) is 1.46. The molecule has 5 nitrogen and oxygen atoms in total. The van der Waals surface area contributed by atoms with Crippen LogP contribution in [0.4, 0.5) is 11.5 Å². The van der Waals surface area contributed by atoms with Crippen LogP contribution in [0, 0.1) is 0 Å². The van der Waals surface area contributed by atoms with E-state index >= 15 is 0 Å². The Morgan fingerprint density at radius 3 is 2.67 bits per heavy atom. The number of nitrogens with zero attached hydrogens (tertiary/aromatic N) is 1. The van der Waals surface area contributed by atoms with Crippen LogP contribution in [0.1, 0.15) is 17.3 Å². The zero-order valence-electron chi connectivity index (χ0n) is 11.8. The fourth-order valence-electron chi connectivity index (χ4n) is 1.76. The predicted octanol–water partition coefficient (Wildman–Crippen LogP) is 3.43. The standard InChI is InChI=1S/C15H16ClN3O2/c1-3-17-14-8-12(13(16)9-18-14)15(20)19-10-4-6-11(21-2)7-5-10/h4-9H,3H2,1-2H3,(H,17,18)(H,19,20). The second kappa shape index (κ2) is 6.95. The molecule has 0 radical (unpaired) electrons. The average molecular weight is 306 g/mol. The van der Waals surface area contributed by atoms with Crippen LogP contribution in [0.3, 0.4) is 0 Å². The molecule has 110 valence electrons. The molecule has 2 aromatic rings. The SMILES string of the molecule is CCNc1cc(C(=O)Nc2ccc(OC)cc2)c(Cl)cn1. The second-order valence-corrected chi connectivity index (χ2v) is 4.67. The summed E-state index contributed by atoms with van der Waals surface area (Å²) in [5.74, 6) is 1.05. The zero-order valence-corrected chi connectivity index (χ0v) is 12.6. The molecule has 0 aliphatic rings. The smallest absolute Gasteiger partial charge is 0.257 e. The van der Waals surface area contributed by atoms with Crippen LogP contribution in [0.25, 0.3) is 0 Å². The first-order chi connectivity index (χ1) is 10.1. The van der Waals surface area contributed by atoms with E-state index < -0.39 is 0 Å². The van der Waals surface area contributed by atoms with Crippen molar-refractivity contribution in [2.75, 3.05) is 24.3 Å². The van der Waals surface area contributed by atoms with E-state index in [0.717, 1.165) is 5.75 Å². The first-order valence-corrected chi connectivity index (χ1v) is 6.86. The van der Waals surface area contributed by atoms with Crippen LogP contribution >= 0.6 is 11.6 Å². The van der Waals surface area contributed by atoms with E-state index in [1.807, 2.05) is 6.92 Å². The monoisotopic (exact) mass is 305 g/mol. The lowest BCUT2D eigenvalue weighted by molar-refractivity contribution is 0.102. The van der Waals surface area contributed by atoms with Crippen LogP contribution in [0.15, 0.2) is 36.5 Å². The van der Waals surface area contributed by atoms with Crippen molar-refractivity contribution in [3.05, 3.63) is 47.1 Å². The van der Waals surface area contributed by atoms with Gasteiger partial charge in [0.25, 0.3) is 5.91 Å². The summed E-state index contributed by atoms with van der Waals surface area (Å²) < 4.78 is 5.07. The van der Waals surface area contributed by atoms with E-state index in [9.17, 15) is 4.79 Å². The fraction of sp³-hybridized carbons (Fsp3) is 0.200. The number of benzene rings is 1. The molecule has 2 rings (SSSR count). The molecule has 0 bridgehead atoms. The number of hydrogen-bond donors (Lipinski definition) is 2. The Hall–Kier alpha value is -2.27. The molecule has 0 unspecified atom stereocenters. The molecule has 0 fully saturated rings. The Labute approximate surface area is 128 Å². The van der Waals surface area contributed by atoms with E-state index in [4.69, 9.17) is 16.3 Å². The van der Waals surface area contributed by atoms with Gasteiger partial charge in [-0.1, -0.05) is 11.6 Å². The number of carbonyl (C=O) groups is 1. The Bertz CT molecular complexity index is 629. The zero-order chi connectivity index (χ0) is 15.2. The Morgan fingerprint density at radius 2 is 2.05 bits per heavy atom. The van der Waals surface area contributed by atoms with Gasteiger partial charge in [0.1, 0.15) is 11.6 Å². The van der Waals surface area contributed by atoms with Crippen LogP contribution in [-0.2, 0) is 0 Å². The van der Waals surface area contributed by atoms with Gasteiger partial charge in [-0.2, -0.15) is 0 Å². The summed E-state index contributed by atoms with van der Waals surface area (Å²) >= 11 is 6.03. The lowest BCUT2D eigenvalue weighted by atomic mass is 10.2. The Balaban J connectivity index is 2.17. The lowest BCUT2D eigenvalue weighted by Crippen LogP contribution is -2.13. The number of anilines is 2. The van der Waals surface area contributed by atoms with Crippen molar-refractivity contribution in [2.45, 2.75) is 6.92 Å². The number of carbonyl (C=O) groups excluding carboxylic acids is 1. The van der Waals surface area contributed by atoms with E-state index in [1.54, 1.807) is 37.4 Å². The molecule has 0 saturated carbocycles. The molecular weight excluding hydrogens is 290 g/mol.